The highest BCUT2D eigenvalue weighted by molar-refractivity contribution is 7.80. The maximum absolute atomic E-state index is 5.46. The predicted molar refractivity (Wildman–Crippen MR) is 68.7 cm³/mol. The number of likely N-dealkylation sites (tertiary alicyclic amines) is 1. The summed E-state index contributed by atoms with van der Waals surface area (Å²) in [6.07, 6.45) is 4.00. The normalized spacial score (nSPS) is 21.0. The van der Waals surface area contributed by atoms with Gasteiger partial charge in [0, 0.05) is 18.8 Å². The summed E-state index contributed by atoms with van der Waals surface area (Å²) in [6, 6.07) is 0. The minimum absolute atomic E-state index is 0.601. The SMILES string of the molecule is CCC1(CC)CCN(CCOCCS)C1. The first-order valence-corrected chi connectivity index (χ1v) is 6.80. The van der Waals surface area contributed by atoms with Gasteiger partial charge in [0.1, 0.15) is 0 Å². The van der Waals surface area contributed by atoms with Gasteiger partial charge in [-0.05, 0) is 31.2 Å². The van der Waals surface area contributed by atoms with Gasteiger partial charge in [0.2, 0.25) is 0 Å². The lowest BCUT2D eigenvalue weighted by molar-refractivity contribution is 0.118. The molecule has 0 unspecified atom stereocenters. The molecule has 0 radical (unpaired) electrons. The van der Waals surface area contributed by atoms with Crippen LogP contribution in [0.1, 0.15) is 33.1 Å². The Kier molecular flexibility index (Phi) is 6.02. The monoisotopic (exact) mass is 231 g/mol. The molecular formula is C12H25NOS. The standard InChI is InChI=1S/C12H25NOS/c1-3-12(4-2)5-6-13(11-12)7-8-14-9-10-15/h15H,3-11H2,1-2H3. The van der Waals surface area contributed by atoms with Crippen LogP contribution in [0.5, 0.6) is 0 Å². The minimum Gasteiger partial charge on any atom is -0.379 e. The molecule has 0 amide bonds. The van der Waals surface area contributed by atoms with Gasteiger partial charge in [-0.3, -0.25) is 0 Å². The van der Waals surface area contributed by atoms with Gasteiger partial charge in [0.05, 0.1) is 13.2 Å². The van der Waals surface area contributed by atoms with E-state index >= 15 is 0 Å². The first kappa shape index (κ1) is 13.3. The average molecular weight is 231 g/mol. The van der Waals surface area contributed by atoms with Gasteiger partial charge < -0.3 is 9.64 Å². The minimum atomic E-state index is 0.601. The number of ether oxygens (including phenoxy) is 1. The van der Waals surface area contributed by atoms with Crippen LogP contribution >= 0.6 is 12.6 Å². The van der Waals surface area contributed by atoms with Crippen molar-refractivity contribution in [3.8, 4) is 0 Å². The third-order valence-electron chi connectivity index (χ3n) is 3.80. The molecule has 1 aliphatic rings. The summed E-state index contributed by atoms with van der Waals surface area (Å²) in [4.78, 5) is 2.55. The molecule has 1 aliphatic heterocycles. The largest absolute Gasteiger partial charge is 0.379 e. The second-order valence-electron chi connectivity index (χ2n) is 4.57. The van der Waals surface area contributed by atoms with Gasteiger partial charge in [0.25, 0.3) is 0 Å². The Morgan fingerprint density at radius 3 is 2.53 bits per heavy atom. The van der Waals surface area contributed by atoms with Crippen molar-refractivity contribution in [2.24, 2.45) is 5.41 Å². The van der Waals surface area contributed by atoms with E-state index in [1.54, 1.807) is 0 Å². The zero-order valence-corrected chi connectivity index (χ0v) is 11.1. The summed E-state index contributed by atoms with van der Waals surface area (Å²) in [5.41, 5.74) is 0.601. The Bertz CT molecular complexity index is 171. The third kappa shape index (κ3) is 3.97. The van der Waals surface area contributed by atoms with E-state index in [0.717, 1.165) is 25.5 Å². The van der Waals surface area contributed by atoms with Crippen molar-refractivity contribution in [2.75, 3.05) is 38.6 Å². The summed E-state index contributed by atoms with van der Waals surface area (Å²) in [5.74, 6) is 0.827. The van der Waals surface area contributed by atoms with E-state index in [1.807, 2.05) is 0 Å². The fourth-order valence-electron chi connectivity index (χ4n) is 2.41. The molecule has 1 heterocycles. The Labute approximate surface area is 99.8 Å². The molecule has 0 N–H and O–H groups in total. The molecule has 0 aromatic carbocycles. The molecule has 0 saturated carbocycles. The van der Waals surface area contributed by atoms with E-state index < -0.39 is 0 Å². The zero-order valence-electron chi connectivity index (χ0n) is 10.2. The van der Waals surface area contributed by atoms with Crippen molar-refractivity contribution in [3.63, 3.8) is 0 Å². The van der Waals surface area contributed by atoms with Crippen LogP contribution in [0.4, 0.5) is 0 Å². The van der Waals surface area contributed by atoms with E-state index in [-0.39, 0.29) is 0 Å². The number of hydrogen-bond acceptors (Lipinski definition) is 3. The Morgan fingerprint density at radius 2 is 2.00 bits per heavy atom. The average Bonchev–Trinajstić information content (AvgIpc) is 2.69. The highest BCUT2D eigenvalue weighted by Gasteiger charge is 2.34. The summed E-state index contributed by atoms with van der Waals surface area (Å²) < 4.78 is 5.46. The molecule has 2 nitrogen and oxygen atoms in total. The fourth-order valence-corrected chi connectivity index (χ4v) is 2.54. The lowest BCUT2D eigenvalue weighted by Crippen LogP contribution is -2.29. The molecule has 1 saturated heterocycles. The van der Waals surface area contributed by atoms with Crippen LogP contribution in [-0.2, 0) is 4.74 Å². The molecule has 0 aliphatic carbocycles. The molecular weight excluding hydrogens is 206 g/mol. The van der Waals surface area contributed by atoms with E-state index in [1.165, 1.54) is 32.4 Å². The second-order valence-corrected chi connectivity index (χ2v) is 5.02. The molecule has 0 spiro atoms. The van der Waals surface area contributed by atoms with Gasteiger partial charge in [-0.15, -0.1) is 0 Å². The maximum Gasteiger partial charge on any atom is 0.0593 e. The Morgan fingerprint density at radius 1 is 1.27 bits per heavy atom. The topological polar surface area (TPSA) is 12.5 Å². The summed E-state index contributed by atoms with van der Waals surface area (Å²) >= 11 is 4.12. The van der Waals surface area contributed by atoms with E-state index in [9.17, 15) is 0 Å². The van der Waals surface area contributed by atoms with Gasteiger partial charge in [-0.1, -0.05) is 13.8 Å². The molecule has 0 atom stereocenters. The molecule has 0 aromatic heterocycles. The van der Waals surface area contributed by atoms with Crippen LogP contribution in [-0.4, -0.2) is 43.5 Å². The Hall–Kier alpha value is 0.270. The zero-order chi connectivity index (χ0) is 11.1. The summed E-state index contributed by atoms with van der Waals surface area (Å²) in [6.45, 7) is 9.91. The van der Waals surface area contributed by atoms with Crippen LogP contribution in [0.15, 0.2) is 0 Å². The molecule has 0 bridgehead atoms. The van der Waals surface area contributed by atoms with Crippen molar-refractivity contribution in [2.45, 2.75) is 33.1 Å². The number of nitrogens with zero attached hydrogens (tertiary/aromatic N) is 1. The van der Waals surface area contributed by atoms with Crippen LogP contribution in [0, 0.1) is 5.41 Å². The van der Waals surface area contributed by atoms with E-state index in [4.69, 9.17) is 4.74 Å². The maximum atomic E-state index is 5.46. The van der Waals surface area contributed by atoms with Gasteiger partial charge in [0.15, 0.2) is 0 Å². The quantitative estimate of drug-likeness (QED) is 0.534. The highest BCUT2D eigenvalue weighted by atomic mass is 32.1. The van der Waals surface area contributed by atoms with Crippen molar-refractivity contribution in [1.29, 1.82) is 0 Å². The van der Waals surface area contributed by atoms with Crippen LogP contribution in [0.25, 0.3) is 0 Å². The first-order valence-electron chi connectivity index (χ1n) is 6.17. The molecule has 90 valence electrons. The number of hydrogen-bond donors (Lipinski definition) is 1. The lowest BCUT2D eigenvalue weighted by Gasteiger charge is -2.26. The number of thiol groups is 1. The second kappa shape index (κ2) is 6.77. The van der Waals surface area contributed by atoms with Gasteiger partial charge in [-0.2, -0.15) is 12.6 Å². The van der Waals surface area contributed by atoms with E-state index in [2.05, 4.69) is 31.4 Å². The molecule has 1 rings (SSSR count). The van der Waals surface area contributed by atoms with E-state index in [0.29, 0.717) is 5.41 Å². The number of rotatable bonds is 7. The smallest absolute Gasteiger partial charge is 0.0593 e. The van der Waals surface area contributed by atoms with Gasteiger partial charge in [-0.25, -0.2) is 0 Å². The third-order valence-corrected chi connectivity index (χ3v) is 3.99. The molecule has 1 fully saturated rings. The summed E-state index contributed by atoms with van der Waals surface area (Å²) in [7, 11) is 0. The van der Waals surface area contributed by atoms with Crippen molar-refractivity contribution >= 4 is 12.6 Å². The molecule has 0 aromatic rings. The van der Waals surface area contributed by atoms with Crippen molar-refractivity contribution in [1.82, 2.24) is 4.90 Å². The first-order chi connectivity index (χ1) is 7.26. The van der Waals surface area contributed by atoms with Crippen molar-refractivity contribution in [3.05, 3.63) is 0 Å². The van der Waals surface area contributed by atoms with Gasteiger partial charge >= 0.3 is 0 Å². The van der Waals surface area contributed by atoms with Crippen LogP contribution in [0.2, 0.25) is 0 Å². The van der Waals surface area contributed by atoms with Crippen molar-refractivity contribution < 1.29 is 4.74 Å². The molecule has 3 heteroatoms. The fraction of sp³-hybridized carbons (Fsp3) is 1.00. The Balaban J connectivity index is 2.18. The highest BCUT2D eigenvalue weighted by Crippen LogP contribution is 2.36. The predicted octanol–water partition coefficient (Wildman–Crippen LogP) is 2.44. The summed E-state index contributed by atoms with van der Waals surface area (Å²) in [5, 5.41) is 0. The van der Waals surface area contributed by atoms with Crippen LogP contribution < -0.4 is 0 Å². The van der Waals surface area contributed by atoms with Crippen LogP contribution in [0.3, 0.4) is 0 Å². The molecule has 15 heavy (non-hydrogen) atoms. The lowest BCUT2D eigenvalue weighted by atomic mass is 9.82.